The van der Waals surface area contributed by atoms with E-state index in [1.165, 1.54) is 5.56 Å². The van der Waals surface area contributed by atoms with Crippen LogP contribution in [0, 0.1) is 0 Å². The van der Waals surface area contributed by atoms with Crippen LogP contribution in [0.15, 0.2) is 24.3 Å². The van der Waals surface area contributed by atoms with Crippen LogP contribution in [0.25, 0.3) is 0 Å². The van der Waals surface area contributed by atoms with Gasteiger partial charge in [-0.1, -0.05) is 30.7 Å². The molecule has 1 unspecified atom stereocenters. The van der Waals surface area contributed by atoms with Gasteiger partial charge in [-0.2, -0.15) is 0 Å². The summed E-state index contributed by atoms with van der Waals surface area (Å²) in [5.74, 6) is 0. The maximum Gasteiger partial charge on any atom is 0.0406 e. The first-order valence-electron chi connectivity index (χ1n) is 6.28. The Balaban J connectivity index is 2.21. The zero-order valence-electron chi connectivity index (χ0n) is 11.0. The summed E-state index contributed by atoms with van der Waals surface area (Å²) in [5, 5.41) is 4.34. The third kappa shape index (κ3) is 6.06. The van der Waals surface area contributed by atoms with E-state index in [4.69, 9.17) is 11.6 Å². The van der Waals surface area contributed by atoms with Gasteiger partial charge in [-0.25, -0.2) is 0 Å². The molecule has 0 radical (unpaired) electrons. The summed E-state index contributed by atoms with van der Waals surface area (Å²) in [5.41, 5.74) is 1.33. The van der Waals surface area contributed by atoms with Crippen molar-refractivity contribution >= 4 is 11.6 Å². The Morgan fingerprint density at radius 2 is 1.94 bits per heavy atom. The molecule has 2 nitrogen and oxygen atoms in total. The first-order chi connectivity index (χ1) is 8.11. The average molecular weight is 255 g/mol. The molecule has 0 fully saturated rings. The number of hydrogen-bond acceptors (Lipinski definition) is 2. The lowest BCUT2D eigenvalue weighted by atomic mass is 10.1. The van der Waals surface area contributed by atoms with Crippen LogP contribution in [0.3, 0.4) is 0 Å². The molecule has 0 amide bonds. The maximum absolute atomic E-state index is 5.85. The van der Waals surface area contributed by atoms with Gasteiger partial charge in [0.2, 0.25) is 0 Å². The summed E-state index contributed by atoms with van der Waals surface area (Å²) < 4.78 is 0. The van der Waals surface area contributed by atoms with Gasteiger partial charge in [0.05, 0.1) is 0 Å². The van der Waals surface area contributed by atoms with Crippen molar-refractivity contribution in [3.05, 3.63) is 34.9 Å². The number of halogens is 1. The summed E-state index contributed by atoms with van der Waals surface area (Å²) in [6.07, 6.45) is 1.05. The normalized spacial score (nSPS) is 13.0. The second kappa shape index (κ2) is 7.70. The second-order valence-electron chi connectivity index (χ2n) is 4.59. The van der Waals surface area contributed by atoms with Crippen LogP contribution >= 0.6 is 11.6 Å². The van der Waals surface area contributed by atoms with Gasteiger partial charge in [-0.15, -0.1) is 0 Å². The molecule has 0 aromatic heterocycles. The van der Waals surface area contributed by atoms with Gasteiger partial charge in [-0.05, 0) is 51.2 Å². The van der Waals surface area contributed by atoms with Crippen LogP contribution < -0.4 is 5.32 Å². The highest BCUT2D eigenvalue weighted by molar-refractivity contribution is 6.30. The van der Waals surface area contributed by atoms with Crippen molar-refractivity contribution in [3.63, 3.8) is 0 Å². The molecule has 1 rings (SSSR count). The lowest BCUT2D eigenvalue weighted by Gasteiger charge is -2.20. The van der Waals surface area contributed by atoms with Crippen LogP contribution in [0.4, 0.5) is 0 Å². The fourth-order valence-corrected chi connectivity index (χ4v) is 1.90. The predicted octanol–water partition coefficient (Wildman–Crippen LogP) is 2.81. The van der Waals surface area contributed by atoms with E-state index in [1.807, 2.05) is 12.1 Å². The Morgan fingerprint density at radius 3 is 2.53 bits per heavy atom. The molecule has 3 heteroatoms. The Bertz CT molecular complexity index is 311. The molecule has 96 valence electrons. The third-order valence-corrected chi connectivity index (χ3v) is 3.20. The van der Waals surface area contributed by atoms with Crippen molar-refractivity contribution in [2.75, 3.05) is 26.7 Å². The Hall–Kier alpha value is -0.570. The summed E-state index contributed by atoms with van der Waals surface area (Å²) in [4.78, 5) is 2.32. The van der Waals surface area contributed by atoms with Gasteiger partial charge >= 0.3 is 0 Å². The van der Waals surface area contributed by atoms with Crippen molar-refractivity contribution < 1.29 is 0 Å². The molecule has 17 heavy (non-hydrogen) atoms. The molecule has 0 saturated carbocycles. The Morgan fingerprint density at radius 1 is 1.29 bits per heavy atom. The van der Waals surface area contributed by atoms with E-state index in [9.17, 15) is 0 Å². The predicted molar refractivity (Wildman–Crippen MR) is 75.8 cm³/mol. The minimum absolute atomic E-state index is 0.534. The van der Waals surface area contributed by atoms with Crippen molar-refractivity contribution in [1.29, 1.82) is 0 Å². The quantitative estimate of drug-likeness (QED) is 0.805. The first kappa shape index (κ1) is 14.5. The van der Waals surface area contributed by atoms with Crippen LogP contribution in [0.2, 0.25) is 5.02 Å². The van der Waals surface area contributed by atoms with E-state index in [0.717, 1.165) is 31.1 Å². The van der Waals surface area contributed by atoms with Crippen LogP contribution in [0.5, 0.6) is 0 Å². The Kier molecular flexibility index (Phi) is 6.56. The number of benzene rings is 1. The zero-order valence-corrected chi connectivity index (χ0v) is 11.8. The number of nitrogens with zero attached hydrogens (tertiary/aromatic N) is 1. The maximum atomic E-state index is 5.85. The summed E-state index contributed by atoms with van der Waals surface area (Å²) >= 11 is 5.85. The van der Waals surface area contributed by atoms with E-state index < -0.39 is 0 Å². The van der Waals surface area contributed by atoms with E-state index in [0.29, 0.717) is 6.04 Å². The van der Waals surface area contributed by atoms with Crippen molar-refractivity contribution in [1.82, 2.24) is 10.2 Å². The molecule has 0 saturated heterocycles. The SMILES string of the molecule is CCN(C)CC(C)NCCc1ccc(Cl)cc1. The molecular weight excluding hydrogens is 232 g/mol. The highest BCUT2D eigenvalue weighted by atomic mass is 35.5. The Labute approximate surface area is 110 Å². The molecule has 0 aliphatic carbocycles. The number of rotatable bonds is 7. The van der Waals surface area contributed by atoms with E-state index in [2.05, 4.69) is 43.2 Å². The van der Waals surface area contributed by atoms with Crippen molar-refractivity contribution in [3.8, 4) is 0 Å². The molecule has 1 aromatic carbocycles. The lowest BCUT2D eigenvalue weighted by molar-refractivity contribution is 0.311. The molecular formula is C14H23ClN2. The molecule has 1 aromatic rings. The van der Waals surface area contributed by atoms with E-state index in [-0.39, 0.29) is 0 Å². The smallest absolute Gasteiger partial charge is 0.0406 e. The number of nitrogens with one attached hydrogen (secondary N) is 1. The van der Waals surface area contributed by atoms with Gasteiger partial charge in [0.15, 0.2) is 0 Å². The molecule has 0 aliphatic heterocycles. The highest BCUT2D eigenvalue weighted by Crippen LogP contribution is 2.09. The van der Waals surface area contributed by atoms with E-state index >= 15 is 0 Å². The largest absolute Gasteiger partial charge is 0.313 e. The molecule has 1 atom stereocenters. The molecule has 1 N–H and O–H groups in total. The topological polar surface area (TPSA) is 15.3 Å². The van der Waals surface area contributed by atoms with Crippen molar-refractivity contribution in [2.24, 2.45) is 0 Å². The van der Waals surface area contributed by atoms with E-state index in [1.54, 1.807) is 0 Å². The molecule has 0 spiro atoms. The molecule has 0 heterocycles. The minimum atomic E-state index is 0.534. The molecule has 0 bridgehead atoms. The highest BCUT2D eigenvalue weighted by Gasteiger charge is 2.03. The van der Waals surface area contributed by atoms with Gasteiger partial charge in [-0.3, -0.25) is 0 Å². The lowest BCUT2D eigenvalue weighted by Crippen LogP contribution is -2.38. The number of likely N-dealkylation sites (N-methyl/N-ethyl adjacent to an activating group) is 1. The second-order valence-corrected chi connectivity index (χ2v) is 5.02. The van der Waals surface area contributed by atoms with Gasteiger partial charge in [0, 0.05) is 17.6 Å². The summed E-state index contributed by atoms with van der Waals surface area (Å²) in [7, 11) is 2.15. The zero-order chi connectivity index (χ0) is 12.7. The standard InChI is InChI=1S/C14H23ClN2/c1-4-17(3)11-12(2)16-10-9-13-5-7-14(15)8-6-13/h5-8,12,16H,4,9-11H2,1-3H3. The van der Waals surface area contributed by atoms with Crippen LogP contribution in [-0.4, -0.2) is 37.6 Å². The summed E-state index contributed by atoms with van der Waals surface area (Å²) in [6, 6.07) is 8.61. The summed E-state index contributed by atoms with van der Waals surface area (Å²) in [6.45, 7) is 7.62. The van der Waals surface area contributed by atoms with Gasteiger partial charge < -0.3 is 10.2 Å². The third-order valence-electron chi connectivity index (χ3n) is 2.95. The average Bonchev–Trinajstić information content (AvgIpc) is 2.31. The van der Waals surface area contributed by atoms with Crippen molar-refractivity contribution in [2.45, 2.75) is 26.3 Å². The fourth-order valence-electron chi connectivity index (χ4n) is 1.78. The van der Waals surface area contributed by atoms with Crippen LogP contribution in [-0.2, 0) is 6.42 Å². The minimum Gasteiger partial charge on any atom is -0.313 e. The van der Waals surface area contributed by atoms with Gasteiger partial charge in [0.25, 0.3) is 0 Å². The van der Waals surface area contributed by atoms with Crippen LogP contribution in [0.1, 0.15) is 19.4 Å². The first-order valence-corrected chi connectivity index (χ1v) is 6.66. The monoisotopic (exact) mass is 254 g/mol. The number of hydrogen-bond donors (Lipinski definition) is 1. The fraction of sp³-hybridized carbons (Fsp3) is 0.571. The van der Waals surface area contributed by atoms with Gasteiger partial charge in [0.1, 0.15) is 0 Å². The molecule has 0 aliphatic rings.